The van der Waals surface area contributed by atoms with Gasteiger partial charge in [0, 0.05) is 5.92 Å². The monoisotopic (exact) mass is 178 g/mol. The molecule has 0 atom stereocenters. The van der Waals surface area contributed by atoms with Gasteiger partial charge >= 0.3 is 0 Å². The Morgan fingerprint density at radius 1 is 1.50 bits per heavy atom. The van der Waals surface area contributed by atoms with E-state index in [0.29, 0.717) is 5.69 Å². The van der Waals surface area contributed by atoms with E-state index in [-0.39, 0.29) is 10.9 Å². The van der Waals surface area contributed by atoms with Crippen LogP contribution in [-0.4, -0.2) is 10.1 Å². The fourth-order valence-electron chi connectivity index (χ4n) is 0.589. The lowest BCUT2D eigenvalue weighted by molar-refractivity contribution is 0.473. The predicted octanol–water partition coefficient (Wildman–Crippen LogP) is 1.32. The van der Waals surface area contributed by atoms with Crippen molar-refractivity contribution in [3.63, 3.8) is 0 Å². The van der Waals surface area contributed by atoms with Crippen molar-refractivity contribution in [3.05, 3.63) is 23.0 Å². The number of aromatic hydroxyl groups is 1. The standard InChI is InChI=1S/C8H3ClN2O/c9-8-7(12)4-3-6(11-8)2-1-5-10/h3-4,12H. The summed E-state index contributed by atoms with van der Waals surface area (Å²) in [5, 5.41) is 17.1. The molecule has 58 valence electrons. The largest absolute Gasteiger partial charge is 0.505 e. The third kappa shape index (κ3) is 1.88. The Labute approximate surface area is 74.2 Å². The van der Waals surface area contributed by atoms with Crippen LogP contribution in [0.25, 0.3) is 0 Å². The molecule has 0 aliphatic carbocycles. The molecule has 1 rings (SSSR count). The van der Waals surface area contributed by atoms with E-state index in [4.69, 9.17) is 22.0 Å². The highest BCUT2D eigenvalue weighted by Crippen LogP contribution is 2.19. The summed E-state index contributed by atoms with van der Waals surface area (Å²) < 4.78 is 0. The van der Waals surface area contributed by atoms with Gasteiger partial charge in [0.2, 0.25) is 0 Å². The van der Waals surface area contributed by atoms with Crippen LogP contribution >= 0.6 is 11.6 Å². The van der Waals surface area contributed by atoms with Gasteiger partial charge in [0.1, 0.15) is 5.69 Å². The Kier molecular flexibility index (Phi) is 2.53. The first kappa shape index (κ1) is 8.39. The second kappa shape index (κ2) is 3.61. The molecule has 1 N–H and O–H groups in total. The molecule has 0 spiro atoms. The normalized spacial score (nSPS) is 8.00. The topological polar surface area (TPSA) is 56.9 Å². The van der Waals surface area contributed by atoms with Crippen molar-refractivity contribution >= 4 is 11.6 Å². The number of nitriles is 1. The smallest absolute Gasteiger partial charge is 0.172 e. The summed E-state index contributed by atoms with van der Waals surface area (Å²) in [7, 11) is 0. The van der Waals surface area contributed by atoms with Gasteiger partial charge < -0.3 is 5.11 Å². The average molecular weight is 179 g/mol. The summed E-state index contributed by atoms with van der Waals surface area (Å²) in [4.78, 5) is 3.70. The molecule has 0 saturated heterocycles. The van der Waals surface area contributed by atoms with Gasteiger partial charge in [-0.1, -0.05) is 11.6 Å². The highest BCUT2D eigenvalue weighted by Gasteiger charge is 1.98. The Morgan fingerprint density at radius 2 is 2.25 bits per heavy atom. The van der Waals surface area contributed by atoms with E-state index < -0.39 is 0 Å². The summed E-state index contributed by atoms with van der Waals surface area (Å²) in [6, 6.07) is 4.49. The molecule has 0 bridgehead atoms. The van der Waals surface area contributed by atoms with Crippen molar-refractivity contribution in [2.75, 3.05) is 0 Å². The summed E-state index contributed by atoms with van der Waals surface area (Å²) >= 11 is 5.48. The molecule has 1 aromatic rings. The van der Waals surface area contributed by atoms with Crippen molar-refractivity contribution in [2.24, 2.45) is 0 Å². The zero-order chi connectivity index (χ0) is 8.97. The quantitative estimate of drug-likeness (QED) is 0.482. The molecular formula is C8H3ClN2O. The predicted molar refractivity (Wildman–Crippen MR) is 43.4 cm³/mol. The Hall–Kier alpha value is -1.71. The van der Waals surface area contributed by atoms with Gasteiger partial charge in [0.15, 0.2) is 17.0 Å². The van der Waals surface area contributed by atoms with Gasteiger partial charge in [-0.05, 0) is 18.1 Å². The minimum atomic E-state index is -0.0980. The van der Waals surface area contributed by atoms with E-state index in [1.54, 1.807) is 6.07 Å². The summed E-state index contributed by atoms with van der Waals surface area (Å²) in [6.45, 7) is 0. The maximum atomic E-state index is 8.96. The van der Waals surface area contributed by atoms with Crippen molar-refractivity contribution in [1.82, 2.24) is 4.98 Å². The van der Waals surface area contributed by atoms with Gasteiger partial charge in [-0.15, -0.1) is 0 Å². The van der Waals surface area contributed by atoms with Gasteiger partial charge in [-0.2, -0.15) is 5.26 Å². The number of rotatable bonds is 0. The molecule has 3 nitrogen and oxygen atoms in total. The Balaban J connectivity index is 3.07. The van der Waals surface area contributed by atoms with Gasteiger partial charge in [-0.3, -0.25) is 0 Å². The number of aromatic nitrogens is 1. The molecule has 0 aliphatic rings. The van der Waals surface area contributed by atoms with Crippen molar-refractivity contribution < 1.29 is 5.11 Å². The number of pyridine rings is 1. The fourth-order valence-corrected chi connectivity index (χ4v) is 0.743. The lowest BCUT2D eigenvalue weighted by atomic mass is 10.3. The Bertz CT molecular complexity index is 398. The lowest BCUT2D eigenvalue weighted by Crippen LogP contribution is -1.82. The SMILES string of the molecule is N#CC#Cc1ccc(O)c(Cl)n1. The van der Waals surface area contributed by atoms with Crippen molar-refractivity contribution in [1.29, 1.82) is 5.26 Å². The van der Waals surface area contributed by atoms with Crippen LogP contribution in [0.15, 0.2) is 12.1 Å². The molecule has 0 aliphatic heterocycles. The zero-order valence-corrected chi connectivity index (χ0v) is 6.63. The van der Waals surface area contributed by atoms with Crippen LogP contribution < -0.4 is 0 Å². The Morgan fingerprint density at radius 3 is 2.83 bits per heavy atom. The first-order valence-corrected chi connectivity index (χ1v) is 3.37. The third-order valence-electron chi connectivity index (χ3n) is 1.08. The molecule has 0 saturated carbocycles. The average Bonchev–Trinajstić information content (AvgIpc) is 2.07. The molecule has 1 heterocycles. The first-order chi connectivity index (χ1) is 5.74. The zero-order valence-electron chi connectivity index (χ0n) is 5.87. The molecule has 0 radical (unpaired) electrons. The van der Waals surface area contributed by atoms with E-state index in [2.05, 4.69) is 16.8 Å². The van der Waals surface area contributed by atoms with E-state index in [9.17, 15) is 0 Å². The first-order valence-electron chi connectivity index (χ1n) is 2.99. The highest BCUT2D eigenvalue weighted by atomic mass is 35.5. The fraction of sp³-hybridized carbons (Fsp3) is 0. The number of hydrogen-bond acceptors (Lipinski definition) is 3. The number of hydrogen-bond donors (Lipinski definition) is 1. The summed E-state index contributed by atoms with van der Waals surface area (Å²) in [6.07, 6.45) is 0. The van der Waals surface area contributed by atoms with Crippen LogP contribution in [-0.2, 0) is 0 Å². The lowest BCUT2D eigenvalue weighted by Gasteiger charge is -1.93. The van der Waals surface area contributed by atoms with Gasteiger partial charge in [0.25, 0.3) is 0 Å². The van der Waals surface area contributed by atoms with Gasteiger partial charge in [-0.25, -0.2) is 4.98 Å². The molecule has 0 unspecified atom stereocenters. The van der Waals surface area contributed by atoms with Crippen molar-refractivity contribution in [3.8, 4) is 23.7 Å². The van der Waals surface area contributed by atoms with Crippen LogP contribution in [0.2, 0.25) is 5.15 Å². The molecule has 0 fully saturated rings. The van der Waals surface area contributed by atoms with Crippen LogP contribution in [0.3, 0.4) is 0 Å². The molecule has 4 heteroatoms. The van der Waals surface area contributed by atoms with E-state index >= 15 is 0 Å². The number of halogens is 1. The third-order valence-corrected chi connectivity index (χ3v) is 1.35. The van der Waals surface area contributed by atoms with Crippen LogP contribution in [0.1, 0.15) is 5.69 Å². The molecule has 1 aromatic heterocycles. The van der Waals surface area contributed by atoms with E-state index in [1.165, 1.54) is 12.1 Å². The minimum absolute atomic E-state index is 0.0141. The van der Waals surface area contributed by atoms with E-state index in [0.717, 1.165) is 0 Å². The minimum Gasteiger partial charge on any atom is -0.505 e. The molecule has 0 amide bonds. The molecular weight excluding hydrogens is 176 g/mol. The van der Waals surface area contributed by atoms with Crippen LogP contribution in [0.4, 0.5) is 0 Å². The second-order valence-corrected chi connectivity index (χ2v) is 2.23. The van der Waals surface area contributed by atoms with Gasteiger partial charge in [0.05, 0.1) is 0 Å². The summed E-state index contributed by atoms with van der Waals surface area (Å²) in [5.74, 6) is 4.51. The molecule has 0 aromatic carbocycles. The maximum absolute atomic E-state index is 8.96. The second-order valence-electron chi connectivity index (χ2n) is 1.87. The van der Waals surface area contributed by atoms with Crippen molar-refractivity contribution in [2.45, 2.75) is 0 Å². The number of nitrogens with zero attached hydrogens (tertiary/aromatic N) is 2. The van der Waals surface area contributed by atoms with Crippen LogP contribution in [0, 0.1) is 23.2 Å². The maximum Gasteiger partial charge on any atom is 0.172 e. The highest BCUT2D eigenvalue weighted by molar-refractivity contribution is 6.30. The van der Waals surface area contributed by atoms with E-state index in [1.807, 2.05) is 0 Å². The summed E-state index contributed by atoms with van der Waals surface area (Å²) in [5.41, 5.74) is 0.361. The molecule has 12 heavy (non-hydrogen) atoms. The van der Waals surface area contributed by atoms with Crippen LogP contribution in [0.5, 0.6) is 5.75 Å².